The first-order chi connectivity index (χ1) is 13.1. The highest BCUT2D eigenvalue weighted by Crippen LogP contribution is 2.36. The summed E-state index contributed by atoms with van der Waals surface area (Å²) in [7, 11) is 2.05. The van der Waals surface area contributed by atoms with E-state index in [0.717, 1.165) is 54.5 Å². The highest BCUT2D eigenvalue weighted by atomic mass is 16.5. The summed E-state index contributed by atoms with van der Waals surface area (Å²) >= 11 is 0. The monoisotopic (exact) mass is 367 g/mol. The molecule has 2 aliphatic heterocycles. The molecule has 5 heterocycles. The molecule has 3 unspecified atom stereocenters. The van der Waals surface area contributed by atoms with E-state index in [0.29, 0.717) is 12.0 Å². The van der Waals surface area contributed by atoms with Crippen molar-refractivity contribution in [3.05, 3.63) is 41.2 Å². The van der Waals surface area contributed by atoms with Gasteiger partial charge in [0.15, 0.2) is 5.65 Å². The van der Waals surface area contributed by atoms with Gasteiger partial charge in [0.25, 0.3) is 0 Å². The first kappa shape index (κ1) is 16.9. The second-order valence-corrected chi connectivity index (χ2v) is 7.73. The molecule has 0 amide bonds. The Morgan fingerprint density at radius 3 is 2.96 bits per heavy atom. The Hall–Kier alpha value is -2.29. The molecule has 3 aromatic rings. The van der Waals surface area contributed by atoms with E-state index in [1.807, 2.05) is 32.2 Å². The number of rotatable bonds is 3. The summed E-state index contributed by atoms with van der Waals surface area (Å²) in [5.41, 5.74) is 11.1. The van der Waals surface area contributed by atoms with Crippen LogP contribution in [-0.2, 0) is 13.6 Å². The van der Waals surface area contributed by atoms with Crippen LogP contribution in [0.5, 0.6) is 0 Å². The van der Waals surface area contributed by atoms with E-state index < -0.39 is 0 Å². The Labute approximate surface area is 157 Å². The van der Waals surface area contributed by atoms with E-state index in [1.54, 1.807) is 0 Å². The maximum atomic E-state index is 5.41. The number of piperidine rings is 1. The van der Waals surface area contributed by atoms with Gasteiger partial charge in [0.05, 0.1) is 18.3 Å². The Bertz CT molecular complexity index is 958. The molecule has 0 radical (unpaired) electrons. The fourth-order valence-electron chi connectivity index (χ4n) is 4.65. The topological polar surface area (TPSA) is 84.0 Å². The molecule has 2 saturated heterocycles. The Morgan fingerprint density at radius 2 is 2.19 bits per heavy atom. The lowest BCUT2D eigenvalue weighted by Crippen LogP contribution is -2.45. The summed E-state index contributed by atoms with van der Waals surface area (Å²) < 4.78 is 7.52. The molecule has 142 valence electrons. The van der Waals surface area contributed by atoms with Gasteiger partial charge in [-0.1, -0.05) is 5.16 Å². The average molecular weight is 367 g/mol. The highest BCUT2D eigenvalue weighted by Gasteiger charge is 2.42. The van der Waals surface area contributed by atoms with Gasteiger partial charge in [-0.15, -0.1) is 0 Å². The fraction of sp³-hybridized carbons (Fsp3) is 0.526. The zero-order valence-electron chi connectivity index (χ0n) is 15.9. The molecule has 5 rings (SSSR count). The van der Waals surface area contributed by atoms with Crippen molar-refractivity contribution in [1.29, 1.82) is 0 Å². The molecule has 0 aromatic carbocycles. The van der Waals surface area contributed by atoms with Gasteiger partial charge >= 0.3 is 0 Å². The second-order valence-electron chi connectivity index (χ2n) is 7.73. The van der Waals surface area contributed by atoms with Crippen LogP contribution in [0.25, 0.3) is 11.2 Å². The molecule has 2 aliphatic rings. The summed E-state index contributed by atoms with van der Waals surface area (Å²) in [6, 6.07) is 4.67. The number of nitrogens with one attached hydrogen (secondary N) is 2. The van der Waals surface area contributed by atoms with E-state index in [1.165, 1.54) is 5.56 Å². The zero-order valence-corrected chi connectivity index (χ0v) is 15.9. The minimum absolute atomic E-state index is 0.228. The van der Waals surface area contributed by atoms with Gasteiger partial charge in [0, 0.05) is 43.9 Å². The van der Waals surface area contributed by atoms with Crippen LogP contribution in [-0.4, -0.2) is 43.7 Å². The number of hydrogen-bond acceptors (Lipinski definition) is 7. The number of likely N-dealkylation sites (tertiary alicyclic amines) is 1. The highest BCUT2D eigenvalue weighted by molar-refractivity contribution is 5.70. The number of hydrogen-bond donors (Lipinski definition) is 2. The predicted octanol–water partition coefficient (Wildman–Crippen LogP) is 1.61. The van der Waals surface area contributed by atoms with Crippen LogP contribution >= 0.6 is 0 Å². The first-order valence-electron chi connectivity index (χ1n) is 9.54. The normalized spacial score (nSPS) is 26.0. The molecule has 3 aromatic heterocycles. The number of imidazole rings is 1. The lowest BCUT2D eigenvalue weighted by molar-refractivity contribution is 0.144. The summed E-state index contributed by atoms with van der Waals surface area (Å²) in [5.74, 6) is 2.45. The number of aryl methyl sites for hydroxylation is 3. The largest absolute Gasteiger partial charge is 0.361 e. The number of nitrogens with zero attached hydrogens (tertiary/aromatic N) is 5. The lowest BCUT2D eigenvalue weighted by Gasteiger charge is -2.35. The van der Waals surface area contributed by atoms with Crippen LogP contribution in [0.1, 0.15) is 35.3 Å². The van der Waals surface area contributed by atoms with Gasteiger partial charge in [-0.25, -0.2) is 15.4 Å². The van der Waals surface area contributed by atoms with E-state index in [4.69, 9.17) is 9.51 Å². The Balaban J connectivity index is 1.37. The Morgan fingerprint density at radius 1 is 1.30 bits per heavy atom. The summed E-state index contributed by atoms with van der Waals surface area (Å²) in [4.78, 5) is 11.8. The quantitative estimate of drug-likeness (QED) is 0.728. The van der Waals surface area contributed by atoms with Crippen molar-refractivity contribution in [3.8, 4) is 0 Å². The van der Waals surface area contributed by atoms with Crippen molar-refractivity contribution >= 4 is 11.2 Å². The van der Waals surface area contributed by atoms with Crippen molar-refractivity contribution in [2.45, 2.75) is 38.9 Å². The first-order valence-corrected chi connectivity index (χ1v) is 9.54. The molecular weight excluding hydrogens is 342 g/mol. The van der Waals surface area contributed by atoms with Gasteiger partial charge in [-0.3, -0.25) is 10.3 Å². The molecule has 2 N–H and O–H groups in total. The van der Waals surface area contributed by atoms with Gasteiger partial charge in [0.1, 0.15) is 17.1 Å². The van der Waals surface area contributed by atoms with Crippen molar-refractivity contribution in [1.82, 2.24) is 35.4 Å². The van der Waals surface area contributed by atoms with Crippen molar-refractivity contribution in [3.63, 3.8) is 0 Å². The molecule has 3 atom stereocenters. The maximum Gasteiger partial charge on any atom is 0.159 e. The third-order valence-electron chi connectivity index (χ3n) is 6.08. The summed E-state index contributed by atoms with van der Waals surface area (Å²) in [5, 5.41) is 4.14. The Kier molecular flexibility index (Phi) is 3.99. The molecule has 0 spiro atoms. The minimum Gasteiger partial charge on any atom is -0.361 e. The minimum atomic E-state index is 0.228. The smallest absolute Gasteiger partial charge is 0.159 e. The van der Waals surface area contributed by atoms with Gasteiger partial charge in [-0.2, -0.15) is 0 Å². The molecule has 8 heteroatoms. The molecule has 0 saturated carbocycles. The molecule has 2 fully saturated rings. The third kappa shape index (κ3) is 2.75. The van der Waals surface area contributed by atoms with Crippen LogP contribution in [0.4, 0.5) is 0 Å². The molecule has 27 heavy (non-hydrogen) atoms. The zero-order chi connectivity index (χ0) is 18.5. The predicted molar refractivity (Wildman–Crippen MR) is 101 cm³/mol. The van der Waals surface area contributed by atoms with E-state index in [9.17, 15) is 0 Å². The second kappa shape index (κ2) is 6.40. The van der Waals surface area contributed by atoms with E-state index >= 15 is 0 Å². The third-order valence-corrected chi connectivity index (χ3v) is 6.08. The van der Waals surface area contributed by atoms with Gasteiger partial charge in [0.2, 0.25) is 0 Å². The number of aromatic nitrogens is 4. The number of fused-ring (bicyclic) bond motifs is 2. The standard InChI is InChI=1S/C19H25N7O/c1-11-17(12(2)27-24-11)18-13-9-26(8-6-14(13)22-23-18)10-16-21-15-5-4-7-20-19(15)25(16)3/h4-5,7,13-14,18,22-23H,6,8-10H2,1-3H3. The molecular formula is C19H25N7O. The molecule has 8 nitrogen and oxygen atoms in total. The molecule has 0 bridgehead atoms. The van der Waals surface area contributed by atoms with Gasteiger partial charge in [-0.05, 0) is 32.4 Å². The fourth-order valence-corrected chi connectivity index (χ4v) is 4.65. The van der Waals surface area contributed by atoms with E-state index in [2.05, 4.69) is 37.5 Å². The van der Waals surface area contributed by atoms with Crippen molar-refractivity contribution < 1.29 is 4.52 Å². The van der Waals surface area contributed by atoms with Gasteiger partial charge < -0.3 is 9.09 Å². The molecule has 0 aliphatic carbocycles. The summed E-state index contributed by atoms with van der Waals surface area (Å²) in [6.07, 6.45) is 2.93. The number of hydrazine groups is 1. The number of pyridine rings is 1. The van der Waals surface area contributed by atoms with Crippen LogP contribution in [0.2, 0.25) is 0 Å². The average Bonchev–Trinajstić information content (AvgIpc) is 3.32. The van der Waals surface area contributed by atoms with Crippen molar-refractivity contribution in [2.24, 2.45) is 13.0 Å². The van der Waals surface area contributed by atoms with Crippen LogP contribution in [0.3, 0.4) is 0 Å². The van der Waals surface area contributed by atoms with Crippen LogP contribution < -0.4 is 10.9 Å². The SMILES string of the molecule is Cc1noc(C)c1C1NNC2CCN(Cc3nc4cccnc4n3C)CC21. The van der Waals surface area contributed by atoms with Crippen LogP contribution in [0.15, 0.2) is 22.9 Å². The van der Waals surface area contributed by atoms with E-state index in [-0.39, 0.29) is 6.04 Å². The maximum absolute atomic E-state index is 5.41. The lowest BCUT2D eigenvalue weighted by atomic mass is 9.84. The van der Waals surface area contributed by atoms with Crippen LogP contribution in [0, 0.1) is 19.8 Å². The van der Waals surface area contributed by atoms with Crippen molar-refractivity contribution in [2.75, 3.05) is 13.1 Å². The summed E-state index contributed by atoms with van der Waals surface area (Å²) in [6.45, 7) is 6.92.